The number of anilines is 1. The van der Waals surface area contributed by atoms with E-state index in [1.165, 1.54) is 6.92 Å². The zero-order valence-corrected chi connectivity index (χ0v) is 13.2. The lowest BCUT2D eigenvalue weighted by Gasteiger charge is -2.07. The maximum Gasteiger partial charge on any atom is 0.255 e. The van der Waals surface area contributed by atoms with E-state index in [4.69, 9.17) is 0 Å². The first-order chi connectivity index (χ1) is 11.6. The first-order valence-electron chi connectivity index (χ1n) is 7.57. The standard InChI is InChI=1S/C20H16N2O2/c1-14(23)15-6-5-7-16(12-15)19-13-17(10-11-21-19)20(24)22-18-8-3-2-4-9-18/h2-13H,1H3,(H,22,24). The number of carbonyl (C=O) groups excluding carboxylic acids is 2. The van der Waals surface area contributed by atoms with Crippen molar-refractivity contribution in [2.45, 2.75) is 6.92 Å². The third-order valence-electron chi connectivity index (χ3n) is 3.62. The van der Waals surface area contributed by atoms with Crippen LogP contribution in [0.15, 0.2) is 72.9 Å². The van der Waals surface area contributed by atoms with Crippen LogP contribution in [0.4, 0.5) is 5.69 Å². The van der Waals surface area contributed by atoms with Crippen molar-refractivity contribution in [2.75, 3.05) is 5.32 Å². The van der Waals surface area contributed by atoms with Crippen LogP contribution in [0.2, 0.25) is 0 Å². The molecule has 4 nitrogen and oxygen atoms in total. The zero-order chi connectivity index (χ0) is 16.9. The molecule has 0 spiro atoms. The summed E-state index contributed by atoms with van der Waals surface area (Å²) in [7, 11) is 0. The first-order valence-corrected chi connectivity index (χ1v) is 7.57. The molecule has 1 amide bonds. The minimum Gasteiger partial charge on any atom is -0.322 e. The molecule has 3 aromatic rings. The Morgan fingerprint density at radius 2 is 1.67 bits per heavy atom. The third-order valence-corrected chi connectivity index (χ3v) is 3.62. The van der Waals surface area contributed by atoms with Crippen molar-refractivity contribution >= 4 is 17.4 Å². The molecule has 24 heavy (non-hydrogen) atoms. The highest BCUT2D eigenvalue weighted by Crippen LogP contribution is 2.20. The van der Waals surface area contributed by atoms with E-state index in [0.717, 1.165) is 11.3 Å². The number of carbonyl (C=O) groups is 2. The van der Waals surface area contributed by atoms with Crippen LogP contribution in [0, 0.1) is 0 Å². The number of ketones is 1. The second-order valence-corrected chi connectivity index (χ2v) is 5.39. The number of nitrogens with one attached hydrogen (secondary N) is 1. The molecule has 0 unspecified atom stereocenters. The number of nitrogens with zero attached hydrogens (tertiary/aromatic N) is 1. The smallest absolute Gasteiger partial charge is 0.255 e. The van der Waals surface area contributed by atoms with Crippen LogP contribution in [0.1, 0.15) is 27.6 Å². The molecule has 0 bridgehead atoms. The van der Waals surface area contributed by atoms with Gasteiger partial charge in [0.2, 0.25) is 0 Å². The van der Waals surface area contributed by atoms with Crippen molar-refractivity contribution in [3.8, 4) is 11.3 Å². The van der Waals surface area contributed by atoms with E-state index in [1.807, 2.05) is 42.5 Å². The van der Waals surface area contributed by atoms with Crippen LogP contribution in [0.5, 0.6) is 0 Å². The molecule has 118 valence electrons. The fourth-order valence-corrected chi connectivity index (χ4v) is 2.35. The quantitative estimate of drug-likeness (QED) is 0.734. The maximum absolute atomic E-state index is 12.4. The molecule has 1 heterocycles. The number of amides is 1. The van der Waals surface area contributed by atoms with Gasteiger partial charge in [0, 0.05) is 28.6 Å². The Morgan fingerprint density at radius 3 is 2.42 bits per heavy atom. The largest absolute Gasteiger partial charge is 0.322 e. The summed E-state index contributed by atoms with van der Waals surface area (Å²) in [5, 5.41) is 2.85. The van der Waals surface area contributed by atoms with Gasteiger partial charge in [-0.3, -0.25) is 14.6 Å². The summed E-state index contributed by atoms with van der Waals surface area (Å²) in [6.45, 7) is 1.52. The van der Waals surface area contributed by atoms with Gasteiger partial charge >= 0.3 is 0 Å². The molecule has 1 aromatic heterocycles. The third kappa shape index (κ3) is 3.55. The summed E-state index contributed by atoms with van der Waals surface area (Å²) in [6, 6.07) is 19.9. The molecule has 0 aliphatic rings. The molecule has 4 heteroatoms. The maximum atomic E-state index is 12.4. The van der Waals surface area contributed by atoms with Crippen LogP contribution in [-0.4, -0.2) is 16.7 Å². The van der Waals surface area contributed by atoms with E-state index in [1.54, 1.807) is 30.5 Å². The van der Waals surface area contributed by atoms with Crippen molar-refractivity contribution in [2.24, 2.45) is 0 Å². The average molecular weight is 316 g/mol. The number of hydrogen-bond acceptors (Lipinski definition) is 3. The Kier molecular flexibility index (Phi) is 4.47. The number of hydrogen-bond donors (Lipinski definition) is 1. The first kappa shape index (κ1) is 15.6. The second-order valence-electron chi connectivity index (χ2n) is 5.39. The van der Waals surface area contributed by atoms with Gasteiger partial charge in [0.1, 0.15) is 0 Å². The second kappa shape index (κ2) is 6.87. The fourth-order valence-electron chi connectivity index (χ4n) is 2.35. The topological polar surface area (TPSA) is 59.1 Å². The van der Waals surface area contributed by atoms with Gasteiger partial charge in [-0.15, -0.1) is 0 Å². The van der Waals surface area contributed by atoms with Crippen LogP contribution in [0.3, 0.4) is 0 Å². The SMILES string of the molecule is CC(=O)c1cccc(-c2cc(C(=O)Nc3ccccc3)ccn2)c1. The lowest BCUT2D eigenvalue weighted by atomic mass is 10.0. The van der Waals surface area contributed by atoms with E-state index in [2.05, 4.69) is 10.3 Å². The molecule has 0 aliphatic carbocycles. The van der Waals surface area contributed by atoms with Gasteiger partial charge in [-0.25, -0.2) is 0 Å². The van der Waals surface area contributed by atoms with E-state index in [9.17, 15) is 9.59 Å². The van der Waals surface area contributed by atoms with E-state index < -0.39 is 0 Å². The number of Topliss-reactive ketones (excluding diaryl/α,β-unsaturated/α-hetero) is 1. The van der Waals surface area contributed by atoms with Gasteiger partial charge in [0.05, 0.1) is 5.69 Å². The molecule has 0 saturated heterocycles. The molecular weight excluding hydrogens is 300 g/mol. The van der Waals surface area contributed by atoms with Crippen molar-refractivity contribution in [3.05, 3.63) is 84.1 Å². The Morgan fingerprint density at radius 1 is 0.875 bits per heavy atom. The number of para-hydroxylation sites is 1. The summed E-state index contributed by atoms with van der Waals surface area (Å²) >= 11 is 0. The van der Waals surface area contributed by atoms with Crippen molar-refractivity contribution < 1.29 is 9.59 Å². The van der Waals surface area contributed by atoms with Gasteiger partial charge in [0.25, 0.3) is 5.91 Å². The predicted octanol–water partition coefficient (Wildman–Crippen LogP) is 4.20. The molecule has 2 aromatic carbocycles. The van der Waals surface area contributed by atoms with E-state index in [0.29, 0.717) is 16.8 Å². The normalized spacial score (nSPS) is 10.2. The minimum atomic E-state index is -0.201. The van der Waals surface area contributed by atoms with Crippen LogP contribution >= 0.6 is 0 Å². The average Bonchev–Trinajstić information content (AvgIpc) is 2.63. The molecule has 0 radical (unpaired) electrons. The molecule has 3 rings (SSSR count). The number of aromatic nitrogens is 1. The van der Waals surface area contributed by atoms with Crippen LogP contribution < -0.4 is 5.32 Å². The van der Waals surface area contributed by atoms with Crippen molar-refractivity contribution in [1.82, 2.24) is 4.98 Å². The number of benzene rings is 2. The molecule has 0 fully saturated rings. The van der Waals surface area contributed by atoms with Gasteiger partial charge in [-0.2, -0.15) is 0 Å². The summed E-state index contributed by atoms with van der Waals surface area (Å²) in [4.78, 5) is 28.2. The van der Waals surface area contributed by atoms with Crippen LogP contribution in [0.25, 0.3) is 11.3 Å². The van der Waals surface area contributed by atoms with Gasteiger partial charge in [-0.1, -0.05) is 36.4 Å². The summed E-state index contributed by atoms with van der Waals surface area (Å²) in [5.74, 6) is -0.206. The number of rotatable bonds is 4. The molecule has 1 N–H and O–H groups in total. The van der Waals surface area contributed by atoms with Crippen molar-refractivity contribution in [3.63, 3.8) is 0 Å². The van der Waals surface area contributed by atoms with Gasteiger partial charge in [0.15, 0.2) is 5.78 Å². The summed E-state index contributed by atoms with van der Waals surface area (Å²) in [5.41, 5.74) is 3.32. The van der Waals surface area contributed by atoms with Crippen molar-refractivity contribution in [1.29, 1.82) is 0 Å². The lowest BCUT2D eigenvalue weighted by molar-refractivity contribution is 0.101. The molecule has 0 atom stereocenters. The minimum absolute atomic E-state index is 0.00479. The van der Waals surface area contributed by atoms with E-state index in [-0.39, 0.29) is 11.7 Å². The predicted molar refractivity (Wildman–Crippen MR) is 94.1 cm³/mol. The number of pyridine rings is 1. The Balaban J connectivity index is 1.88. The molecule has 0 aliphatic heterocycles. The molecule has 0 saturated carbocycles. The van der Waals surface area contributed by atoms with Gasteiger partial charge in [-0.05, 0) is 37.3 Å². The summed E-state index contributed by atoms with van der Waals surface area (Å²) in [6.07, 6.45) is 1.59. The fraction of sp³-hybridized carbons (Fsp3) is 0.0500. The zero-order valence-electron chi connectivity index (χ0n) is 13.2. The Labute approximate surface area is 140 Å². The lowest BCUT2D eigenvalue weighted by Crippen LogP contribution is -2.12. The highest BCUT2D eigenvalue weighted by atomic mass is 16.1. The van der Waals surface area contributed by atoms with Gasteiger partial charge < -0.3 is 5.32 Å². The summed E-state index contributed by atoms with van der Waals surface area (Å²) < 4.78 is 0. The highest BCUT2D eigenvalue weighted by Gasteiger charge is 2.09. The Bertz CT molecular complexity index is 889. The molecular formula is C20H16N2O2. The van der Waals surface area contributed by atoms with E-state index >= 15 is 0 Å². The highest BCUT2D eigenvalue weighted by molar-refractivity contribution is 6.04. The monoisotopic (exact) mass is 316 g/mol. The Hall–Kier alpha value is -3.27. The van der Waals surface area contributed by atoms with Crippen LogP contribution in [-0.2, 0) is 0 Å².